The molecule has 0 spiro atoms. The van der Waals surface area contributed by atoms with Gasteiger partial charge in [0.2, 0.25) is 5.91 Å². The zero-order chi connectivity index (χ0) is 24.9. The lowest BCUT2D eigenvalue weighted by Gasteiger charge is -2.45. The molecule has 1 aromatic carbocycles. The molecule has 1 saturated carbocycles. The summed E-state index contributed by atoms with van der Waals surface area (Å²) in [5.41, 5.74) is 0.658. The van der Waals surface area contributed by atoms with Crippen LogP contribution in [-0.2, 0) is 14.3 Å². The Morgan fingerprint density at radius 2 is 1.92 bits per heavy atom. The number of nitrogens with zero attached hydrogens (tertiary/aromatic N) is 3. The van der Waals surface area contributed by atoms with Crippen LogP contribution in [0.3, 0.4) is 0 Å². The lowest BCUT2D eigenvalue weighted by molar-refractivity contribution is -0.117. The van der Waals surface area contributed by atoms with Crippen LogP contribution in [0.4, 0.5) is 11.5 Å². The number of aliphatic hydroxyl groups excluding tert-OH is 1. The number of aliphatic hydroxyl groups is 1. The Morgan fingerprint density at radius 3 is 2.64 bits per heavy atom. The summed E-state index contributed by atoms with van der Waals surface area (Å²) >= 11 is 6.69. The summed E-state index contributed by atoms with van der Waals surface area (Å²) in [5, 5.41) is 16.1. The highest BCUT2D eigenvalue weighted by Gasteiger charge is 2.48. The fraction of sp³-hybridized carbons (Fsp3) is 0.630. The zero-order valence-electron chi connectivity index (χ0n) is 20.8. The molecular formula is C27H35ClN4O4. The van der Waals surface area contributed by atoms with Gasteiger partial charge in [0.25, 0.3) is 0 Å². The SMILES string of the molecule is CC1(N2CCN(c3cc4cc(NC(=O)C5CC5C5CCOCC5)ncc4cc3Cl)CC2)COCC1O. The first-order chi connectivity index (χ1) is 17.4. The van der Waals surface area contributed by atoms with Crippen molar-refractivity contribution in [2.75, 3.05) is 62.8 Å². The topological polar surface area (TPSA) is 87.2 Å². The number of carbonyl (C=O) groups excluding carboxylic acids is 1. The van der Waals surface area contributed by atoms with Gasteiger partial charge in [-0.1, -0.05) is 11.6 Å². The van der Waals surface area contributed by atoms with Gasteiger partial charge >= 0.3 is 0 Å². The van der Waals surface area contributed by atoms with Gasteiger partial charge in [0, 0.05) is 56.9 Å². The molecule has 0 bridgehead atoms. The number of anilines is 2. The van der Waals surface area contributed by atoms with E-state index in [1.54, 1.807) is 6.20 Å². The van der Waals surface area contributed by atoms with Crippen molar-refractivity contribution in [1.82, 2.24) is 9.88 Å². The highest BCUT2D eigenvalue weighted by molar-refractivity contribution is 6.34. The minimum Gasteiger partial charge on any atom is -0.389 e. The van der Waals surface area contributed by atoms with Crippen LogP contribution in [0.15, 0.2) is 24.4 Å². The number of amides is 1. The lowest BCUT2D eigenvalue weighted by Crippen LogP contribution is -2.60. The van der Waals surface area contributed by atoms with E-state index in [1.807, 2.05) is 12.1 Å². The third-order valence-corrected chi connectivity index (χ3v) is 9.12. The molecule has 36 heavy (non-hydrogen) atoms. The molecule has 3 saturated heterocycles. The Morgan fingerprint density at radius 1 is 1.14 bits per heavy atom. The Bertz CT molecular complexity index is 1130. The van der Waals surface area contributed by atoms with Gasteiger partial charge in [0.05, 0.1) is 35.6 Å². The van der Waals surface area contributed by atoms with Crippen LogP contribution in [0.25, 0.3) is 10.8 Å². The van der Waals surface area contributed by atoms with Gasteiger partial charge in [0.15, 0.2) is 0 Å². The Labute approximate surface area is 216 Å². The van der Waals surface area contributed by atoms with Crippen molar-refractivity contribution in [2.24, 2.45) is 17.8 Å². The average Bonchev–Trinajstić information content (AvgIpc) is 3.63. The van der Waals surface area contributed by atoms with E-state index in [2.05, 4.69) is 33.1 Å². The molecule has 1 aromatic heterocycles. The number of fused-ring (bicyclic) bond motifs is 1. The number of hydrogen-bond acceptors (Lipinski definition) is 7. The summed E-state index contributed by atoms with van der Waals surface area (Å²) in [6.07, 6.45) is 4.42. The zero-order valence-corrected chi connectivity index (χ0v) is 21.5. The van der Waals surface area contributed by atoms with E-state index in [0.717, 1.165) is 75.1 Å². The quantitative estimate of drug-likeness (QED) is 0.633. The third kappa shape index (κ3) is 4.58. The minimum absolute atomic E-state index is 0.0789. The van der Waals surface area contributed by atoms with Crippen LogP contribution in [0.2, 0.25) is 5.02 Å². The van der Waals surface area contributed by atoms with Crippen molar-refractivity contribution in [2.45, 2.75) is 37.8 Å². The predicted octanol–water partition coefficient (Wildman–Crippen LogP) is 3.16. The number of piperazine rings is 1. The van der Waals surface area contributed by atoms with Gasteiger partial charge < -0.3 is 24.8 Å². The molecule has 4 fully saturated rings. The molecule has 1 amide bonds. The molecule has 4 atom stereocenters. The summed E-state index contributed by atoms with van der Waals surface area (Å²) in [5.74, 6) is 1.85. The van der Waals surface area contributed by atoms with Gasteiger partial charge in [-0.3, -0.25) is 9.69 Å². The van der Waals surface area contributed by atoms with Crippen LogP contribution >= 0.6 is 11.6 Å². The van der Waals surface area contributed by atoms with E-state index in [9.17, 15) is 9.90 Å². The summed E-state index contributed by atoms with van der Waals surface area (Å²) in [4.78, 5) is 22.0. The molecule has 6 rings (SSSR count). The second-order valence-corrected chi connectivity index (χ2v) is 11.4. The normalized spacial score (nSPS) is 31.6. The fourth-order valence-electron chi connectivity index (χ4n) is 6.28. The number of pyridine rings is 1. The molecule has 9 heteroatoms. The van der Waals surface area contributed by atoms with E-state index in [4.69, 9.17) is 21.1 Å². The number of rotatable bonds is 5. The van der Waals surface area contributed by atoms with Gasteiger partial charge in [-0.25, -0.2) is 4.98 Å². The van der Waals surface area contributed by atoms with Crippen LogP contribution in [0.1, 0.15) is 26.2 Å². The largest absolute Gasteiger partial charge is 0.389 e. The molecule has 2 N–H and O–H groups in total. The third-order valence-electron chi connectivity index (χ3n) is 8.82. The van der Waals surface area contributed by atoms with Crippen LogP contribution in [0, 0.1) is 17.8 Å². The maximum Gasteiger partial charge on any atom is 0.228 e. The number of carbonyl (C=O) groups is 1. The lowest BCUT2D eigenvalue weighted by atomic mass is 9.93. The van der Waals surface area contributed by atoms with Crippen molar-refractivity contribution >= 4 is 39.8 Å². The number of nitrogens with one attached hydrogen (secondary N) is 1. The van der Waals surface area contributed by atoms with Crippen LogP contribution < -0.4 is 10.2 Å². The molecule has 8 nitrogen and oxygen atoms in total. The van der Waals surface area contributed by atoms with Gasteiger partial charge in [-0.05, 0) is 61.6 Å². The maximum atomic E-state index is 12.9. The van der Waals surface area contributed by atoms with Gasteiger partial charge in [-0.15, -0.1) is 0 Å². The molecule has 4 aliphatic rings. The first kappa shape index (κ1) is 24.4. The Hall–Kier alpha value is -1.97. The standard InChI is InChI=1S/C27H35ClN4O4/c1-27(16-36-15-24(27)33)32-6-4-31(5-7-32)23-11-18-12-25(29-14-19(18)10-22(23)28)30-26(34)21-13-20(21)17-2-8-35-9-3-17/h10-12,14,17,20-21,24,33H,2-9,13,15-16H2,1H3,(H,29,30,34). The van der Waals surface area contributed by atoms with E-state index in [-0.39, 0.29) is 17.4 Å². The maximum absolute atomic E-state index is 12.9. The number of aromatic nitrogens is 1. The minimum atomic E-state index is -0.461. The van der Waals surface area contributed by atoms with E-state index >= 15 is 0 Å². The molecule has 3 aliphatic heterocycles. The summed E-state index contributed by atoms with van der Waals surface area (Å²) in [6, 6.07) is 6.00. The molecule has 2 aromatic rings. The van der Waals surface area contributed by atoms with Gasteiger partial charge in [-0.2, -0.15) is 0 Å². The van der Waals surface area contributed by atoms with E-state index in [1.165, 1.54) is 0 Å². The van der Waals surface area contributed by atoms with Crippen LogP contribution in [-0.4, -0.2) is 85.1 Å². The van der Waals surface area contributed by atoms with Crippen molar-refractivity contribution in [1.29, 1.82) is 0 Å². The monoisotopic (exact) mass is 514 g/mol. The molecule has 1 aliphatic carbocycles. The van der Waals surface area contributed by atoms with Crippen molar-refractivity contribution in [3.05, 3.63) is 29.4 Å². The molecule has 194 valence electrons. The first-order valence-corrected chi connectivity index (χ1v) is 13.5. The van der Waals surface area contributed by atoms with E-state index in [0.29, 0.717) is 35.9 Å². The summed E-state index contributed by atoms with van der Waals surface area (Å²) < 4.78 is 11.0. The molecule has 4 heterocycles. The average molecular weight is 515 g/mol. The Balaban J connectivity index is 1.13. The van der Waals surface area contributed by atoms with Crippen molar-refractivity contribution in [3.8, 4) is 0 Å². The molecule has 0 radical (unpaired) electrons. The highest BCUT2D eigenvalue weighted by Crippen LogP contribution is 2.48. The second kappa shape index (κ2) is 9.72. The number of hydrogen-bond donors (Lipinski definition) is 2. The van der Waals surface area contributed by atoms with E-state index < -0.39 is 6.10 Å². The molecular weight excluding hydrogens is 480 g/mol. The smallest absolute Gasteiger partial charge is 0.228 e. The van der Waals surface area contributed by atoms with Crippen LogP contribution in [0.5, 0.6) is 0 Å². The summed E-state index contributed by atoms with van der Waals surface area (Å²) in [6.45, 7) is 7.97. The highest BCUT2D eigenvalue weighted by atomic mass is 35.5. The second-order valence-electron chi connectivity index (χ2n) is 11.0. The number of halogens is 1. The number of ether oxygens (including phenoxy) is 2. The predicted molar refractivity (Wildman–Crippen MR) is 140 cm³/mol. The fourth-order valence-corrected chi connectivity index (χ4v) is 6.57. The number of benzene rings is 1. The van der Waals surface area contributed by atoms with Crippen molar-refractivity contribution in [3.63, 3.8) is 0 Å². The van der Waals surface area contributed by atoms with Crippen molar-refractivity contribution < 1.29 is 19.4 Å². The van der Waals surface area contributed by atoms with Gasteiger partial charge in [0.1, 0.15) is 5.82 Å². The first-order valence-electron chi connectivity index (χ1n) is 13.2. The molecule has 4 unspecified atom stereocenters. The summed E-state index contributed by atoms with van der Waals surface area (Å²) in [7, 11) is 0. The Kier molecular flexibility index (Phi) is 6.58.